The Labute approximate surface area is 117 Å². The number of pyridine rings is 1. The summed E-state index contributed by atoms with van der Waals surface area (Å²) in [6.45, 7) is 3.96. The largest absolute Gasteiger partial charge is 0.508 e. The average Bonchev–Trinajstić information content (AvgIpc) is 2.41. The number of nitrogens with zero attached hydrogens (tertiary/aromatic N) is 1. The van der Waals surface area contributed by atoms with E-state index >= 15 is 0 Å². The molecule has 5 heteroatoms. The molecule has 0 bridgehead atoms. The van der Waals surface area contributed by atoms with E-state index in [1.54, 1.807) is 30.5 Å². The maximum atomic E-state index is 12.2. The van der Waals surface area contributed by atoms with Gasteiger partial charge in [0.2, 0.25) is 0 Å². The predicted molar refractivity (Wildman–Crippen MR) is 79.1 cm³/mol. The fourth-order valence-electron chi connectivity index (χ4n) is 1.72. The lowest BCUT2D eigenvalue weighted by Crippen LogP contribution is -2.18. The first-order valence-electron chi connectivity index (χ1n) is 6.38. The van der Waals surface area contributed by atoms with Gasteiger partial charge in [-0.15, -0.1) is 0 Å². The van der Waals surface area contributed by atoms with Gasteiger partial charge in [-0.3, -0.25) is 4.79 Å². The van der Waals surface area contributed by atoms with E-state index in [0.29, 0.717) is 17.1 Å². The monoisotopic (exact) mass is 271 g/mol. The summed E-state index contributed by atoms with van der Waals surface area (Å²) in [7, 11) is 0. The minimum atomic E-state index is -0.244. The number of hydrogen-bond donors (Lipinski definition) is 3. The number of rotatable bonds is 4. The van der Waals surface area contributed by atoms with Crippen LogP contribution in [0.2, 0.25) is 0 Å². The molecule has 5 nitrogen and oxygen atoms in total. The number of nitrogens with one attached hydrogen (secondary N) is 2. The Hall–Kier alpha value is -2.56. The second-order valence-electron chi connectivity index (χ2n) is 4.70. The average molecular weight is 271 g/mol. The Morgan fingerprint density at radius 1 is 1.20 bits per heavy atom. The van der Waals surface area contributed by atoms with Crippen LogP contribution in [0.3, 0.4) is 0 Å². The second-order valence-corrected chi connectivity index (χ2v) is 4.70. The van der Waals surface area contributed by atoms with E-state index in [2.05, 4.69) is 15.6 Å². The van der Waals surface area contributed by atoms with Gasteiger partial charge in [0.1, 0.15) is 11.6 Å². The Balaban J connectivity index is 2.18. The van der Waals surface area contributed by atoms with Gasteiger partial charge in [-0.2, -0.15) is 0 Å². The SMILES string of the molecule is CC(C)Nc1ncccc1C(=O)Nc1ccc(O)cc1. The first kappa shape index (κ1) is 13.9. The van der Waals surface area contributed by atoms with E-state index in [-0.39, 0.29) is 17.7 Å². The van der Waals surface area contributed by atoms with Crippen molar-refractivity contribution in [2.75, 3.05) is 10.6 Å². The lowest BCUT2D eigenvalue weighted by molar-refractivity contribution is 0.102. The van der Waals surface area contributed by atoms with E-state index in [1.807, 2.05) is 13.8 Å². The van der Waals surface area contributed by atoms with Gasteiger partial charge in [0.25, 0.3) is 5.91 Å². The summed E-state index contributed by atoms with van der Waals surface area (Å²) in [6.07, 6.45) is 1.64. The number of phenols is 1. The molecule has 1 heterocycles. The van der Waals surface area contributed by atoms with Gasteiger partial charge in [-0.25, -0.2) is 4.98 Å². The molecule has 0 unspecified atom stereocenters. The molecule has 2 rings (SSSR count). The first-order valence-corrected chi connectivity index (χ1v) is 6.38. The Morgan fingerprint density at radius 3 is 2.55 bits per heavy atom. The number of amides is 1. The summed E-state index contributed by atoms with van der Waals surface area (Å²) in [5.74, 6) is 0.470. The molecule has 0 spiro atoms. The van der Waals surface area contributed by atoms with Crippen LogP contribution in [-0.2, 0) is 0 Å². The third-order valence-electron chi connectivity index (χ3n) is 2.60. The predicted octanol–water partition coefficient (Wildman–Crippen LogP) is 2.86. The normalized spacial score (nSPS) is 10.3. The number of anilines is 2. The van der Waals surface area contributed by atoms with Crippen LogP contribution in [-0.4, -0.2) is 22.0 Å². The molecule has 104 valence electrons. The molecule has 0 saturated carbocycles. The lowest BCUT2D eigenvalue weighted by Gasteiger charge is -2.13. The van der Waals surface area contributed by atoms with Crippen LogP contribution in [0.25, 0.3) is 0 Å². The van der Waals surface area contributed by atoms with Crippen molar-refractivity contribution in [3.63, 3.8) is 0 Å². The highest BCUT2D eigenvalue weighted by molar-refractivity contribution is 6.07. The Bertz CT molecular complexity index is 594. The molecule has 0 aliphatic carbocycles. The van der Waals surface area contributed by atoms with E-state index in [4.69, 9.17) is 0 Å². The molecule has 3 N–H and O–H groups in total. The Kier molecular flexibility index (Phi) is 4.20. The van der Waals surface area contributed by atoms with Gasteiger partial charge >= 0.3 is 0 Å². The third-order valence-corrected chi connectivity index (χ3v) is 2.60. The molecule has 20 heavy (non-hydrogen) atoms. The fourth-order valence-corrected chi connectivity index (χ4v) is 1.72. The highest BCUT2D eigenvalue weighted by Gasteiger charge is 2.13. The number of benzene rings is 1. The van der Waals surface area contributed by atoms with Crippen molar-refractivity contribution in [1.29, 1.82) is 0 Å². The highest BCUT2D eigenvalue weighted by Crippen LogP contribution is 2.17. The van der Waals surface area contributed by atoms with Gasteiger partial charge in [-0.1, -0.05) is 0 Å². The number of hydrogen-bond acceptors (Lipinski definition) is 4. The van der Waals surface area contributed by atoms with Gasteiger partial charge in [0, 0.05) is 17.9 Å². The summed E-state index contributed by atoms with van der Waals surface area (Å²) < 4.78 is 0. The van der Waals surface area contributed by atoms with Crippen LogP contribution >= 0.6 is 0 Å². The molecule has 0 radical (unpaired) electrons. The molecule has 0 fully saturated rings. The number of aromatic nitrogens is 1. The number of aromatic hydroxyl groups is 1. The molecular formula is C15H17N3O2. The summed E-state index contributed by atoms with van der Waals surface area (Å²) >= 11 is 0. The number of carbonyl (C=O) groups is 1. The Morgan fingerprint density at radius 2 is 1.90 bits per heavy atom. The van der Waals surface area contributed by atoms with Gasteiger partial charge in [0.05, 0.1) is 5.56 Å². The van der Waals surface area contributed by atoms with Crippen molar-refractivity contribution < 1.29 is 9.90 Å². The van der Waals surface area contributed by atoms with Gasteiger partial charge < -0.3 is 15.7 Å². The third kappa shape index (κ3) is 3.47. The van der Waals surface area contributed by atoms with E-state index in [1.165, 1.54) is 12.1 Å². The zero-order valence-electron chi connectivity index (χ0n) is 11.4. The fraction of sp³-hybridized carbons (Fsp3) is 0.200. The van der Waals surface area contributed by atoms with Crippen LogP contribution in [0, 0.1) is 0 Å². The zero-order chi connectivity index (χ0) is 14.5. The lowest BCUT2D eigenvalue weighted by atomic mass is 10.2. The molecular weight excluding hydrogens is 254 g/mol. The highest BCUT2D eigenvalue weighted by atomic mass is 16.3. The van der Waals surface area contributed by atoms with E-state index < -0.39 is 0 Å². The van der Waals surface area contributed by atoms with E-state index in [9.17, 15) is 9.90 Å². The zero-order valence-corrected chi connectivity index (χ0v) is 11.4. The van der Waals surface area contributed by atoms with Crippen molar-refractivity contribution in [2.45, 2.75) is 19.9 Å². The molecule has 0 atom stereocenters. The van der Waals surface area contributed by atoms with Gasteiger partial charge in [-0.05, 0) is 50.2 Å². The number of phenolic OH excluding ortho intramolecular Hbond substituents is 1. The summed E-state index contributed by atoms with van der Waals surface area (Å²) in [5, 5.41) is 15.1. The molecule has 0 aliphatic heterocycles. The van der Waals surface area contributed by atoms with Crippen LogP contribution in [0.1, 0.15) is 24.2 Å². The quantitative estimate of drug-likeness (QED) is 0.747. The van der Waals surface area contributed by atoms with Crippen molar-refractivity contribution in [3.05, 3.63) is 48.2 Å². The smallest absolute Gasteiger partial charge is 0.259 e. The van der Waals surface area contributed by atoms with Gasteiger partial charge in [0.15, 0.2) is 0 Å². The first-order chi connectivity index (χ1) is 9.56. The summed E-state index contributed by atoms with van der Waals surface area (Å²) in [6, 6.07) is 9.94. The minimum Gasteiger partial charge on any atom is -0.508 e. The molecule has 1 aromatic heterocycles. The molecule has 1 amide bonds. The second kappa shape index (κ2) is 6.06. The van der Waals surface area contributed by atoms with Crippen molar-refractivity contribution in [2.24, 2.45) is 0 Å². The molecule has 1 aromatic carbocycles. The minimum absolute atomic E-state index is 0.159. The standard InChI is InChI=1S/C15H17N3O2/c1-10(2)17-14-13(4-3-9-16-14)15(20)18-11-5-7-12(19)8-6-11/h3-10,19H,1-2H3,(H,16,17)(H,18,20). The summed E-state index contributed by atoms with van der Waals surface area (Å²) in [4.78, 5) is 16.4. The van der Waals surface area contributed by atoms with Crippen LogP contribution in [0.5, 0.6) is 5.75 Å². The maximum absolute atomic E-state index is 12.2. The maximum Gasteiger partial charge on any atom is 0.259 e. The van der Waals surface area contributed by atoms with Crippen molar-refractivity contribution in [3.8, 4) is 5.75 Å². The van der Waals surface area contributed by atoms with Crippen LogP contribution in [0.4, 0.5) is 11.5 Å². The molecule has 2 aromatic rings. The molecule has 0 aliphatic rings. The number of carbonyl (C=O) groups excluding carboxylic acids is 1. The van der Waals surface area contributed by atoms with Crippen LogP contribution in [0.15, 0.2) is 42.6 Å². The topological polar surface area (TPSA) is 74.2 Å². The molecule has 0 saturated heterocycles. The van der Waals surface area contributed by atoms with E-state index in [0.717, 1.165) is 0 Å². The summed E-state index contributed by atoms with van der Waals surface area (Å²) in [5.41, 5.74) is 1.10. The van der Waals surface area contributed by atoms with Crippen LogP contribution < -0.4 is 10.6 Å². The van der Waals surface area contributed by atoms with Crippen molar-refractivity contribution >= 4 is 17.4 Å². The van der Waals surface area contributed by atoms with Crippen molar-refractivity contribution in [1.82, 2.24) is 4.98 Å².